The van der Waals surface area contributed by atoms with E-state index in [1.807, 2.05) is 49.1 Å². The maximum absolute atomic E-state index is 14.4. The second kappa shape index (κ2) is 17.2. The van der Waals surface area contributed by atoms with Crippen LogP contribution in [0.5, 0.6) is 11.5 Å². The van der Waals surface area contributed by atoms with Crippen LogP contribution < -0.4 is 24.8 Å². The highest BCUT2D eigenvalue weighted by atomic mass is 32.2. The molecule has 0 spiro atoms. The van der Waals surface area contributed by atoms with Crippen LogP contribution in [0.2, 0.25) is 0 Å². The largest absolute Gasteiger partial charge is 0.496 e. The number of rotatable bonds is 16. The van der Waals surface area contributed by atoms with Gasteiger partial charge in [-0.15, -0.1) is 17.9 Å². The zero-order chi connectivity index (χ0) is 43.0. The number of aromatic nitrogens is 2. The summed E-state index contributed by atoms with van der Waals surface area (Å²) < 4.78 is 54.9. The van der Waals surface area contributed by atoms with Crippen molar-refractivity contribution < 1.29 is 36.7 Å². The summed E-state index contributed by atoms with van der Waals surface area (Å²) in [6.45, 7) is 13.6. The van der Waals surface area contributed by atoms with Crippen molar-refractivity contribution in [3.63, 3.8) is 0 Å². The van der Waals surface area contributed by atoms with Crippen LogP contribution in [0.1, 0.15) is 63.3 Å². The summed E-state index contributed by atoms with van der Waals surface area (Å²) in [7, 11) is -0.0472. The Morgan fingerprint density at radius 1 is 1.12 bits per heavy atom. The molecule has 1 saturated heterocycles. The second-order valence-electron chi connectivity index (χ2n) is 16.0. The monoisotopic (exact) mass is 849 g/mol. The first kappa shape index (κ1) is 43.4. The number of hydrogen-bond donors (Lipinski definition) is 3. The average molecular weight is 850 g/mol. The Labute approximate surface area is 348 Å². The number of hydrogen-bond acceptors (Lipinski definition) is 11. The summed E-state index contributed by atoms with van der Waals surface area (Å²) in [6.07, 6.45) is 1.57. The molecule has 1 aliphatic heterocycles. The van der Waals surface area contributed by atoms with E-state index in [4.69, 9.17) is 19.4 Å². The lowest BCUT2D eigenvalue weighted by Crippen LogP contribution is -2.57. The predicted molar refractivity (Wildman–Crippen MR) is 226 cm³/mol. The predicted octanol–water partition coefficient (Wildman–Crippen LogP) is 5.58. The van der Waals surface area contributed by atoms with Crippen molar-refractivity contribution in [2.45, 2.75) is 77.5 Å². The summed E-state index contributed by atoms with van der Waals surface area (Å²) in [6, 6.07) is 8.76. The molecule has 2 aliphatic rings. The van der Waals surface area contributed by atoms with E-state index in [0.29, 0.717) is 45.2 Å². The molecule has 3 heterocycles. The van der Waals surface area contributed by atoms with Gasteiger partial charge < -0.3 is 25.0 Å². The van der Waals surface area contributed by atoms with Gasteiger partial charge in [0, 0.05) is 54.5 Å². The molecular weight excluding hydrogens is 798 g/mol. The second-order valence-corrected chi connectivity index (χ2v) is 18.8. The van der Waals surface area contributed by atoms with Crippen LogP contribution in [0.15, 0.2) is 54.4 Å². The Balaban J connectivity index is 1.34. The lowest BCUT2D eigenvalue weighted by atomic mass is 10.0. The SMILES string of the molecule is C=CC1CC1(NC(=O)C1CC(Oc2cc(-c3nc(C(C)C)cs3)nc3c(C)c(OC)ccc23)CN1C(=O)CNc1cc(F)ccc1CC(C)C)C(=O)NS(=O)(=O)N(C)C. The molecule has 4 unspecified atom stereocenters. The molecule has 14 nitrogen and oxygen atoms in total. The van der Waals surface area contributed by atoms with E-state index in [1.54, 1.807) is 13.2 Å². The molecule has 2 aromatic carbocycles. The maximum atomic E-state index is 14.4. The number of nitrogens with one attached hydrogen (secondary N) is 3. The Bertz CT molecular complexity index is 2390. The summed E-state index contributed by atoms with van der Waals surface area (Å²) in [5.41, 5.74) is 2.65. The number of likely N-dealkylation sites (tertiary alicyclic amines) is 1. The number of carbonyl (C=O) groups excluding carboxylic acids is 3. The first-order chi connectivity index (χ1) is 27.9. The highest BCUT2D eigenvalue weighted by molar-refractivity contribution is 7.87. The summed E-state index contributed by atoms with van der Waals surface area (Å²) in [5, 5.41) is 9.26. The van der Waals surface area contributed by atoms with Crippen LogP contribution >= 0.6 is 11.3 Å². The average Bonchev–Trinajstić information content (AvgIpc) is 3.46. The standard InChI is InChI=1S/C42H52FN7O7S2/c1-10-27-19-42(27,41(53)48-59(54,55)49(7)8)47-39(52)34-17-29(21-50(34)37(51)20-44-31-16-28(43)12-11-26(31)15-23(2)3)57-36-18-32(40-46-33(22-58-40)24(4)5)45-38-25(6)35(56-9)14-13-30(36)38/h10-14,16,18,22-24,27,29,34,44H,1,15,17,19-21H2,2-9H3,(H,47,52)(H,48,53). The molecule has 59 heavy (non-hydrogen) atoms. The number of ether oxygens (including phenoxy) is 2. The van der Waals surface area contributed by atoms with Crippen LogP contribution in [-0.2, 0) is 31.0 Å². The van der Waals surface area contributed by atoms with Gasteiger partial charge in [-0.2, -0.15) is 12.7 Å². The molecule has 1 aliphatic carbocycles. The third kappa shape index (κ3) is 9.21. The molecule has 3 amide bonds. The molecular formula is C42H52FN7O7S2. The first-order valence-corrected chi connectivity index (χ1v) is 21.8. The molecule has 316 valence electrons. The smallest absolute Gasteiger partial charge is 0.303 e. The number of amides is 3. The molecule has 0 bridgehead atoms. The van der Waals surface area contributed by atoms with Crippen LogP contribution in [0.4, 0.5) is 10.1 Å². The summed E-state index contributed by atoms with van der Waals surface area (Å²) in [4.78, 5) is 53.3. The van der Waals surface area contributed by atoms with E-state index >= 15 is 0 Å². The van der Waals surface area contributed by atoms with E-state index in [2.05, 4.69) is 31.1 Å². The van der Waals surface area contributed by atoms with Gasteiger partial charge in [-0.3, -0.25) is 14.4 Å². The number of carbonyl (C=O) groups is 3. The van der Waals surface area contributed by atoms with E-state index in [0.717, 1.165) is 21.1 Å². The molecule has 4 atom stereocenters. The summed E-state index contributed by atoms with van der Waals surface area (Å²) >= 11 is 1.47. The lowest BCUT2D eigenvalue weighted by molar-refractivity contribution is -0.138. The molecule has 4 aromatic rings. The van der Waals surface area contributed by atoms with Gasteiger partial charge in [0.15, 0.2) is 0 Å². The van der Waals surface area contributed by atoms with Crippen molar-refractivity contribution in [1.82, 2.24) is 29.2 Å². The van der Waals surface area contributed by atoms with E-state index < -0.39 is 57.4 Å². The van der Waals surface area contributed by atoms with Crippen LogP contribution in [0.25, 0.3) is 21.6 Å². The minimum absolute atomic E-state index is 0.0112. The van der Waals surface area contributed by atoms with Crippen molar-refractivity contribution in [3.8, 4) is 22.2 Å². The molecule has 2 aromatic heterocycles. The van der Waals surface area contributed by atoms with E-state index in [9.17, 15) is 27.2 Å². The van der Waals surface area contributed by atoms with Crippen LogP contribution in [-0.4, -0.2) is 97.3 Å². The first-order valence-electron chi connectivity index (χ1n) is 19.5. The highest BCUT2D eigenvalue weighted by Gasteiger charge is 2.61. The van der Waals surface area contributed by atoms with Crippen molar-refractivity contribution in [1.29, 1.82) is 0 Å². The number of halogens is 1. The fourth-order valence-corrected chi connectivity index (χ4v) is 8.84. The zero-order valence-electron chi connectivity index (χ0n) is 34.6. The molecule has 0 radical (unpaired) electrons. The number of nitrogens with zero attached hydrogens (tertiary/aromatic N) is 4. The Morgan fingerprint density at radius 3 is 2.49 bits per heavy atom. The lowest BCUT2D eigenvalue weighted by Gasteiger charge is -2.27. The van der Waals surface area contributed by atoms with E-state index in [-0.39, 0.29) is 37.8 Å². The number of pyridine rings is 1. The van der Waals surface area contributed by atoms with Gasteiger partial charge in [0.05, 0.1) is 31.4 Å². The number of methoxy groups -OCH3 is 1. The molecule has 2 fully saturated rings. The van der Waals surface area contributed by atoms with Crippen LogP contribution in [0, 0.1) is 24.6 Å². The number of aryl methyl sites for hydroxylation is 1. The van der Waals surface area contributed by atoms with Crippen molar-refractivity contribution >= 4 is 55.9 Å². The minimum Gasteiger partial charge on any atom is -0.496 e. The van der Waals surface area contributed by atoms with Crippen molar-refractivity contribution in [2.75, 3.05) is 39.6 Å². The maximum Gasteiger partial charge on any atom is 0.303 e. The van der Waals surface area contributed by atoms with Crippen molar-refractivity contribution in [2.24, 2.45) is 11.8 Å². The Hall–Kier alpha value is -5.13. The molecule has 3 N–H and O–H groups in total. The van der Waals surface area contributed by atoms with Gasteiger partial charge in [0.2, 0.25) is 11.8 Å². The fourth-order valence-electron chi connectivity index (χ4n) is 7.30. The Morgan fingerprint density at radius 2 is 1.86 bits per heavy atom. The third-order valence-corrected chi connectivity index (χ3v) is 13.0. The Kier molecular flexibility index (Phi) is 12.7. The zero-order valence-corrected chi connectivity index (χ0v) is 36.2. The van der Waals surface area contributed by atoms with Crippen molar-refractivity contribution in [3.05, 3.63) is 77.1 Å². The van der Waals surface area contributed by atoms with Gasteiger partial charge in [-0.1, -0.05) is 39.8 Å². The third-order valence-electron chi connectivity index (χ3n) is 10.8. The van der Waals surface area contributed by atoms with Gasteiger partial charge in [0.25, 0.3) is 5.91 Å². The van der Waals surface area contributed by atoms with Crippen LogP contribution in [0.3, 0.4) is 0 Å². The minimum atomic E-state index is -4.18. The number of benzene rings is 2. The summed E-state index contributed by atoms with van der Waals surface area (Å²) in [5.74, 6) is -1.49. The topological polar surface area (TPSA) is 172 Å². The normalized spacial score (nSPS) is 20.3. The van der Waals surface area contributed by atoms with Gasteiger partial charge in [-0.25, -0.2) is 19.1 Å². The van der Waals surface area contributed by atoms with E-state index in [1.165, 1.54) is 48.5 Å². The highest BCUT2D eigenvalue weighted by Crippen LogP contribution is 2.45. The van der Waals surface area contributed by atoms with Gasteiger partial charge in [-0.05, 0) is 61.4 Å². The van der Waals surface area contributed by atoms with Gasteiger partial charge >= 0.3 is 10.2 Å². The fraction of sp³-hybridized carbons (Fsp3) is 0.452. The number of anilines is 1. The number of thiazole rings is 1. The van der Waals surface area contributed by atoms with Gasteiger partial charge in [0.1, 0.15) is 45.7 Å². The number of fused-ring (bicyclic) bond motifs is 1. The molecule has 1 saturated carbocycles. The molecule has 17 heteroatoms. The molecule has 6 rings (SSSR count). The quantitative estimate of drug-likeness (QED) is 0.121.